The van der Waals surface area contributed by atoms with Crippen LogP contribution < -0.4 is 10.6 Å². The Morgan fingerprint density at radius 2 is 1.66 bits per heavy atom. The molecular weight excluding hydrogens is 588 g/mol. The Hall–Kier alpha value is -4.76. The number of rotatable bonds is 8. The number of carbonyl (C=O) groups excluding carboxylic acids is 2. The summed E-state index contributed by atoms with van der Waals surface area (Å²) in [6.45, 7) is 5.55. The van der Waals surface area contributed by atoms with Crippen molar-refractivity contribution < 1.29 is 14.3 Å². The number of H-pyrrole nitrogens is 1. The third-order valence-electron chi connectivity index (χ3n) is 9.80. The van der Waals surface area contributed by atoms with E-state index in [1.807, 2.05) is 31.1 Å². The fourth-order valence-corrected chi connectivity index (χ4v) is 7.12. The number of aromatic nitrogens is 2. The summed E-state index contributed by atoms with van der Waals surface area (Å²) in [6.07, 6.45) is 8.31. The Morgan fingerprint density at radius 3 is 2.38 bits per heavy atom. The van der Waals surface area contributed by atoms with Crippen LogP contribution in [0.2, 0.25) is 0 Å². The first-order valence-electron chi connectivity index (χ1n) is 16.7. The molecule has 0 aliphatic carbocycles. The minimum atomic E-state index is -0.660. The second-order valence-corrected chi connectivity index (χ2v) is 13.2. The smallest absolute Gasteiger partial charge is 0.407 e. The van der Waals surface area contributed by atoms with Crippen LogP contribution in [0.1, 0.15) is 63.4 Å². The highest BCUT2D eigenvalue weighted by molar-refractivity contribution is 6.01. The molecule has 3 N–H and O–H groups in total. The number of nitrogens with one attached hydrogen (secondary N) is 3. The molecule has 0 saturated carbocycles. The number of imidazole rings is 1. The summed E-state index contributed by atoms with van der Waals surface area (Å²) < 4.78 is 4.76. The Bertz CT molecular complexity index is 1850. The van der Waals surface area contributed by atoms with Gasteiger partial charge in [-0.25, -0.2) is 9.78 Å². The van der Waals surface area contributed by atoms with E-state index in [0.717, 1.165) is 48.3 Å². The monoisotopic (exact) mass is 630 g/mol. The van der Waals surface area contributed by atoms with E-state index in [1.165, 1.54) is 53.3 Å². The molecular formula is C38H42N6O3. The number of allylic oxidation sites excluding steroid dienone is 1. The molecule has 0 radical (unpaired) electrons. The fourth-order valence-electron chi connectivity index (χ4n) is 7.12. The molecule has 2 saturated heterocycles. The number of benzene rings is 3. The number of nitrogens with zero attached hydrogens (tertiary/aromatic N) is 3. The zero-order valence-corrected chi connectivity index (χ0v) is 27.3. The average Bonchev–Trinajstić information content (AvgIpc) is 3.93. The van der Waals surface area contributed by atoms with Crippen LogP contribution in [0.5, 0.6) is 0 Å². The minimum Gasteiger partial charge on any atom is -0.453 e. The van der Waals surface area contributed by atoms with Gasteiger partial charge in [0, 0.05) is 36.5 Å². The van der Waals surface area contributed by atoms with Crippen LogP contribution in [-0.2, 0) is 9.53 Å². The predicted octanol–water partition coefficient (Wildman–Crippen LogP) is 6.88. The van der Waals surface area contributed by atoms with Gasteiger partial charge in [0.05, 0.1) is 25.0 Å². The highest BCUT2D eigenvalue weighted by Gasteiger charge is 2.37. The van der Waals surface area contributed by atoms with E-state index in [9.17, 15) is 9.59 Å². The Morgan fingerprint density at radius 1 is 0.936 bits per heavy atom. The normalized spacial score (nSPS) is 20.0. The first kappa shape index (κ1) is 30.9. The molecule has 7 rings (SSSR count). The van der Waals surface area contributed by atoms with Gasteiger partial charge in [-0.2, -0.15) is 0 Å². The summed E-state index contributed by atoms with van der Waals surface area (Å²) in [4.78, 5) is 40.2. The standard InChI is InChI=1S/C38H42N6O3/c1-23(2)35(43-38(46)47-3)37(45)44-17-5-7-34(44)36-41-22-33(42-36)29-15-14-27-18-26(12-13-28(27)19-29)24-8-10-25(11-9-24)30-20-32(40-21-30)31-6-4-16-39-31/h8-15,18-19,21-23,31,34-35,39H,4-7,16-17,20H2,1-3H3,(H,41,42)(H,43,46)/t31-,34-,35-/m0/s1. The van der Waals surface area contributed by atoms with E-state index in [0.29, 0.717) is 12.6 Å². The second-order valence-electron chi connectivity index (χ2n) is 13.2. The summed E-state index contributed by atoms with van der Waals surface area (Å²) >= 11 is 0. The zero-order valence-electron chi connectivity index (χ0n) is 27.3. The van der Waals surface area contributed by atoms with E-state index in [1.54, 1.807) is 0 Å². The van der Waals surface area contributed by atoms with Crippen molar-refractivity contribution in [1.82, 2.24) is 25.5 Å². The fraction of sp³-hybridized carbons (Fsp3) is 0.368. The molecule has 0 spiro atoms. The van der Waals surface area contributed by atoms with E-state index in [-0.39, 0.29) is 17.9 Å². The highest BCUT2D eigenvalue weighted by Crippen LogP contribution is 2.34. The summed E-state index contributed by atoms with van der Waals surface area (Å²) in [5.74, 6) is 0.568. The van der Waals surface area contributed by atoms with Crippen molar-refractivity contribution in [3.8, 4) is 22.4 Å². The molecule has 9 heteroatoms. The van der Waals surface area contributed by atoms with Crippen molar-refractivity contribution in [2.45, 2.75) is 64.1 Å². The molecule has 1 aromatic heterocycles. The van der Waals surface area contributed by atoms with Crippen LogP contribution in [0.4, 0.5) is 4.79 Å². The summed E-state index contributed by atoms with van der Waals surface area (Å²) in [6, 6.07) is 21.5. The van der Waals surface area contributed by atoms with Gasteiger partial charge in [-0.1, -0.05) is 62.4 Å². The van der Waals surface area contributed by atoms with Crippen molar-refractivity contribution >= 4 is 34.1 Å². The lowest BCUT2D eigenvalue weighted by Gasteiger charge is -2.30. The summed E-state index contributed by atoms with van der Waals surface area (Å²) in [5.41, 5.74) is 8.10. The van der Waals surface area contributed by atoms with Crippen LogP contribution >= 0.6 is 0 Å². The molecule has 9 nitrogen and oxygen atoms in total. The number of methoxy groups -OCH3 is 1. The molecule has 47 heavy (non-hydrogen) atoms. The van der Waals surface area contributed by atoms with Crippen molar-refractivity contribution in [3.05, 3.63) is 84.4 Å². The third-order valence-corrected chi connectivity index (χ3v) is 9.80. The number of fused-ring (bicyclic) bond motifs is 1. The maximum absolute atomic E-state index is 13.5. The van der Waals surface area contributed by atoms with Gasteiger partial charge in [0.15, 0.2) is 0 Å². The van der Waals surface area contributed by atoms with Gasteiger partial charge >= 0.3 is 6.09 Å². The number of carbonyl (C=O) groups is 2. The zero-order chi connectivity index (χ0) is 32.5. The average molecular weight is 631 g/mol. The number of alkyl carbamates (subject to hydrolysis) is 1. The number of likely N-dealkylation sites (tertiary alicyclic amines) is 1. The summed E-state index contributed by atoms with van der Waals surface area (Å²) in [7, 11) is 1.30. The van der Waals surface area contributed by atoms with Crippen molar-refractivity contribution in [1.29, 1.82) is 0 Å². The molecule has 0 unspecified atom stereocenters. The van der Waals surface area contributed by atoms with Gasteiger partial charge in [-0.3, -0.25) is 9.79 Å². The van der Waals surface area contributed by atoms with Crippen molar-refractivity contribution in [2.75, 3.05) is 20.2 Å². The van der Waals surface area contributed by atoms with Gasteiger partial charge in [-0.05, 0) is 83.3 Å². The summed E-state index contributed by atoms with van der Waals surface area (Å²) in [5, 5.41) is 8.59. The molecule has 4 aromatic rings. The number of aromatic amines is 1. The molecule has 2 fully saturated rings. The molecule has 3 atom stereocenters. The first-order valence-corrected chi connectivity index (χ1v) is 16.7. The maximum atomic E-state index is 13.5. The maximum Gasteiger partial charge on any atom is 0.407 e. The molecule has 3 aliphatic rings. The molecule has 2 amide bonds. The van der Waals surface area contributed by atoms with E-state index in [2.05, 4.69) is 76.3 Å². The largest absolute Gasteiger partial charge is 0.453 e. The van der Waals surface area contributed by atoms with Gasteiger partial charge in [0.1, 0.15) is 11.9 Å². The molecule has 4 heterocycles. The second kappa shape index (κ2) is 13.2. The van der Waals surface area contributed by atoms with Gasteiger partial charge in [-0.15, -0.1) is 0 Å². The molecule has 3 aliphatic heterocycles. The quantitative estimate of drug-likeness (QED) is 0.197. The lowest BCUT2D eigenvalue weighted by molar-refractivity contribution is -0.135. The van der Waals surface area contributed by atoms with Crippen LogP contribution in [0.15, 0.2) is 78.1 Å². The SMILES string of the molecule is COC(=O)N[C@H](C(=O)N1CCC[C@H]1c1ncc(-c2ccc3cc(-c4ccc(C5=CN=C([C@@H]6CCCN6)C5)cc4)ccc3c2)[nH]1)C(C)C. The van der Waals surface area contributed by atoms with Crippen LogP contribution in [0.3, 0.4) is 0 Å². The molecule has 0 bridgehead atoms. The van der Waals surface area contributed by atoms with E-state index < -0.39 is 12.1 Å². The number of amides is 2. The lowest BCUT2D eigenvalue weighted by atomic mass is 9.95. The Balaban J connectivity index is 1.04. The number of hydrogen-bond acceptors (Lipinski definition) is 6. The topological polar surface area (TPSA) is 112 Å². The molecule has 242 valence electrons. The Kier molecular flexibility index (Phi) is 8.64. The number of ether oxygens (including phenoxy) is 1. The highest BCUT2D eigenvalue weighted by atomic mass is 16.5. The number of aliphatic imine (C=N–C) groups is 1. The van der Waals surface area contributed by atoms with Gasteiger partial charge in [0.25, 0.3) is 0 Å². The third kappa shape index (κ3) is 6.32. The van der Waals surface area contributed by atoms with E-state index in [4.69, 9.17) is 14.7 Å². The van der Waals surface area contributed by atoms with Crippen molar-refractivity contribution in [3.63, 3.8) is 0 Å². The predicted molar refractivity (Wildman–Crippen MR) is 186 cm³/mol. The van der Waals surface area contributed by atoms with E-state index >= 15 is 0 Å². The minimum absolute atomic E-state index is 0.0790. The number of hydrogen-bond donors (Lipinski definition) is 3. The van der Waals surface area contributed by atoms with Gasteiger partial charge in [0.2, 0.25) is 5.91 Å². The Labute approximate surface area is 275 Å². The van der Waals surface area contributed by atoms with Crippen LogP contribution in [0.25, 0.3) is 38.7 Å². The van der Waals surface area contributed by atoms with Crippen LogP contribution in [-0.4, -0.2) is 64.9 Å². The van der Waals surface area contributed by atoms with Crippen LogP contribution in [0, 0.1) is 5.92 Å². The first-order chi connectivity index (χ1) is 22.9. The van der Waals surface area contributed by atoms with Crippen molar-refractivity contribution in [2.24, 2.45) is 10.9 Å². The lowest BCUT2D eigenvalue weighted by Crippen LogP contribution is -2.51. The van der Waals surface area contributed by atoms with Gasteiger partial charge < -0.3 is 25.3 Å². The molecule has 3 aromatic carbocycles.